The summed E-state index contributed by atoms with van der Waals surface area (Å²) in [5.41, 5.74) is -0.172. The summed E-state index contributed by atoms with van der Waals surface area (Å²) in [5, 5.41) is 3.99. The average Bonchev–Trinajstić information content (AvgIpc) is 2.88. The van der Waals surface area contributed by atoms with Crippen LogP contribution in [-0.4, -0.2) is 29.0 Å². The molecular weight excluding hydrogens is 409 g/mol. The third kappa shape index (κ3) is 2.55. The van der Waals surface area contributed by atoms with Gasteiger partial charge in [0.15, 0.2) is 12.3 Å². The smallest absolute Gasteiger partial charge is 0.358 e. The molecule has 8 heteroatoms. The Kier molecular flexibility index (Phi) is 3.79. The minimum atomic E-state index is -3.26. The molecule has 22 heavy (non-hydrogen) atoms. The Morgan fingerprint density at radius 3 is 3.00 bits per heavy atom. The number of fused-ring (bicyclic) bond motifs is 3. The lowest BCUT2D eigenvalue weighted by Crippen LogP contribution is -2.23. The Hall–Kier alpha value is -1.71. The van der Waals surface area contributed by atoms with Gasteiger partial charge in [-0.25, -0.2) is 9.48 Å². The van der Waals surface area contributed by atoms with Gasteiger partial charge in [-0.2, -0.15) is 13.9 Å². The van der Waals surface area contributed by atoms with Crippen molar-refractivity contribution >= 4 is 28.6 Å². The molecule has 0 unspecified atom stereocenters. The molecule has 0 atom stereocenters. The largest absolute Gasteiger partial charge is 0.485 e. The Morgan fingerprint density at radius 2 is 2.27 bits per heavy atom. The summed E-state index contributed by atoms with van der Waals surface area (Å²) in [5.74, 6) is -3.70. The predicted octanol–water partition coefficient (Wildman–Crippen LogP) is 3.14. The van der Waals surface area contributed by atoms with E-state index in [1.54, 1.807) is 25.1 Å². The monoisotopic (exact) mass is 420 g/mol. The molecule has 0 saturated heterocycles. The molecule has 0 saturated carbocycles. The van der Waals surface area contributed by atoms with Crippen LogP contribution in [0.2, 0.25) is 0 Å². The summed E-state index contributed by atoms with van der Waals surface area (Å²) < 4.78 is 40.4. The van der Waals surface area contributed by atoms with Crippen molar-refractivity contribution in [2.45, 2.75) is 12.8 Å². The molecule has 0 radical (unpaired) electrons. The average molecular weight is 420 g/mol. The SMILES string of the molecule is CCOC(=O)c1cc2n(n1)-c1cc(I)ccc1OCC2(F)F. The zero-order valence-corrected chi connectivity index (χ0v) is 13.6. The molecule has 0 N–H and O–H groups in total. The van der Waals surface area contributed by atoms with Gasteiger partial charge in [0.2, 0.25) is 0 Å². The third-order valence-corrected chi connectivity index (χ3v) is 3.80. The van der Waals surface area contributed by atoms with Gasteiger partial charge in [0, 0.05) is 9.64 Å². The van der Waals surface area contributed by atoms with Crippen molar-refractivity contribution in [3.05, 3.63) is 39.2 Å². The number of halogens is 3. The molecule has 0 spiro atoms. The topological polar surface area (TPSA) is 53.4 Å². The normalized spacial score (nSPS) is 15.3. The standard InChI is InChI=1S/C14H11F2IN2O3/c1-2-21-13(20)9-6-12-14(15,16)7-22-11-4-3-8(17)5-10(11)19(12)18-9/h3-6H,2,7H2,1H3. The van der Waals surface area contributed by atoms with Crippen molar-refractivity contribution in [1.29, 1.82) is 0 Å². The number of rotatable bonds is 2. The van der Waals surface area contributed by atoms with E-state index < -0.39 is 24.2 Å². The van der Waals surface area contributed by atoms with Crippen LogP contribution in [0.3, 0.4) is 0 Å². The van der Waals surface area contributed by atoms with Gasteiger partial charge >= 0.3 is 11.9 Å². The molecule has 0 amide bonds. The molecule has 1 aliphatic rings. The number of alkyl halides is 2. The van der Waals surface area contributed by atoms with E-state index in [9.17, 15) is 13.6 Å². The molecule has 3 rings (SSSR count). The van der Waals surface area contributed by atoms with Gasteiger partial charge in [0.25, 0.3) is 0 Å². The summed E-state index contributed by atoms with van der Waals surface area (Å²) in [6.07, 6.45) is 0. The third-order valence-electron chi connectivity index (χ3n) is 3.13. The maximum absolute atomic E-state index is 14.2. The first-order valence-electron chi connectivity index (χ1n) is 6.50. The minimum Gasteiger partial charge on any atom is -0.485 e. The maximum Gasteiger partial charge on any atom is 0.358 e. The predicted molar refractivity (Wildman–Crippen MR) is 81.6 cm³/mol. The van der Waals surface area contributed by atoms with E-state index in [0.29, 0.717) is 5.69 Å². The van der Waals surface area contributed by atoms with Crippen molar-refractivity contribution in [2.75, 3.05) is 13.2 Å². The van der Waals surface area contributed by atoms with Crippen LogP contribution >= 0.6 is 22.6 Å². The number of carbonyl (C=O) groups is 1. The highest BCUT2D eigenvalue weighted by molar-refractivity contribution is 14.1. The van der Waals surface area contributed by atoms with Gasteiger partial charge in [-0.05, 0) is 47.7 Å². The van der Waals surface area contributed by atoms with Crippen LogP contribution in [0.5, 0.6) is 5.75 Å². The lowest BCUT2D eigenvalue weighted by Gasteiger charge is -2.12. The van der Waals surface area contributed by atoms with Gasteiger partial charge in [-0.1, -0.05) is 0 Å². The Balaban J connectivity index is 2.19. The van der Waals surface area contributed by atoms with E-state index in [-0.39, 0.29) is 18.1 Å². The first-order chi connectivity index (χ1) is 10.4. The summed E-state index contributed by atoms with van der Waals surface area (Å²) in [6.45, 7) is 0.975. The van der Waals surface area contributed by atoms with E-state index in [2.05, 4.69) is 27.7 Å². The van der Waals surface area contributed by atoms with Gasteiger partial charge in [-0.15, -0.1) is 0 Å². The molecule has 1 aliphatic heterocycles. The molecule has 0 bridgehead atoms. The number of nitrogens with zero attached hydrogens (tertiary/aromatic N) is 2. The number of hydrogen-bond acceptors (Lipinski definition) is 4. The molecule has 2 aromatic rings. The lowest BCUT2D eigenvalue weighted by atomic mass is 10.2. The quantitative estimate of drug-likeness (QED) is 0.554. The second kappa shape index (κ2) is 5.49. The van der Waals surface area contributed by atoms with Gasteiger partial charge in [0.05, 0.1) is 6.61 Å². The summed E-state index contributed by atoms with van der Waals surface area (Å²) >= 11 is 2.06. The maximum atomic E-state index is 14.2. The number of carbonyl (C=O) groups excluding carboxylic acids is 1. The summed E-state index contributed by atoms with van der Waals surface area (Å²) in [7, 11) is 0. The Bertz CT molecular complexity index is 746. The first-order valence-corrected chi connectivity index (χ1v) is 7.58. The molecule has 5 nitrogen and oxygen atoms in total. The van der Waals surface area contributed by atoms with Crippen LogP contribution in [0, 0.1) is 3.57 Å². The van der Waals surface area contributed by atoms with E-state index in [1.165, 1.54) is 0 Å². The van der Waals surface area contributed by atoms with Gasteiger partial charge < -0.3 is 9.47 Å². The minimum absolute atomic E-state index is 0.148. The van der Waals surface area contributed by atoms with Crippen LogP contribution in [0.15, 0.2) is 24.3 Å². The zero-order chi connectivity index (χ0) is 15.9. The van der Waals surface area contributed by atoms with Crippen molar-refractivity contribution < 1.29 is 23.0 Å². The Labute approximate surface area is 138 Å². The highest BCUT2D eigenvalue weighted by Crippen LogP contribution is 2.38. The number of benzene rings is 1. The number of ether oxygens (including phenoxy) is 2. The van der Waals surface area contributed by atoms with Crippen molar-refractivity contribution in [1.82, 2.24) is 9.78 Å². The van der Waals surface area contributed by atoms with Crippen molar-refractivity contribution in [2.24, 2.45) is 0 Å². The van der Waals surface area contributed by atoms with Gasteiger partial charge in [0.1, 0.15) is 17.1 Å². The highest BCUT2D eigenvalue weighted by atomic mass is 127. The van der Waals surface area contributed by atoms with Crippen LogP contribution in [-0.2, 0) is 10.7 Å². The Morgan fingerprint density at radius 1 is 1.50 bits per heavy atom. The molecular formula is C14H11F2IN2O3. The van der Waals surface area contributed by atoms with E-state index in [1.807, 2.05) is 0 Å². The van der Waals surface area contributed by atoms with E-state index in [4.69, 9.17) is 9.47 Å². The fraction of sp³-hybridized carbons (Fsp3) is 0.286. The zero-order valence-electron chi connectivity index (χ0n) is 11.5. The molecule has 116 valence electrons. The second-order valence-electron chi connectivity index (χ2n) is 4.65. The van der Waals surface area contributed by atoms with Crippen molar-refractivity contribution in [3.63, 3.8) is 0 Å². The second-order valence-corrected chi connectivity index (χ2v) is 5.90. The van der Waals surface area contributed by atoms with Crippen LogP contribution in [0.25, 0.3) is 5.69 Å². The fourth-order valence-electron chi connectivity index (χ4n) is 2.15. The molecule has 2 heterocycles. The van der Waals surface area contributed by atoms with E-state index >= 15 is 0 Å². The first kappa shape index (κ1) is 15.2. The van der Waals surface area contributed by atoms with Crippen LogP contribution < -0.4 is 4.74 Å². The molecule has 0 fully saturated rings. The van der Waals surface area contributed by atoms with Gasteiger partial charge in [-0.3, -0.25) is 0 Å². The number of hydrogen-bond donors (Lipinski definition) is 0. The van der Waals surface area contributed by atoms with Crippen molar-refractivity contribution in [3.8, 4) is 11.4 Å². The number of esters is 1. The summed E-state index contributed by atoms with van der Waals surface area (Å²) in [4.78, 5) is 11.8. The highest BCUT2D eigenvalue weighted by Gasteiger charge is 2.41. The number of aromatic nitrogens is 2. The molecule has 0 aliphatic carbocycles. The van der Waals surface area contributed by atoms with E-state index in [0.717, 1.165) is 14.3 Å². The van der Waals surface area contributed by atoms with Crippen LogP contribution in [0.4, 0.5) is 8.78 Å². The summed E-state index contributed by atoms with van der Waals surface area (Å²) in [6, 6.07) is 6.07. The lowest BCUT2D eigenvalue weighted by molar-refractivity contribution is -0.0487. The molecule has 1 aromatic carbocycles. The van der Waals surface area contributed by atoms with Crippen LogP contribution in [0.1, 0.15) is 23.1 Å². The molecule has 1 aromatic heterocycles. The fourth-order valence-corrected chi connectivity index (χ4v) is 2.63.